The number of benzene rings is 1. The lowest BCUT2D eigenvalue weighted by atomic mass is 9.88. The number of aromatic nitrogens is 7. The average molecular weight is 446 g/mol. The van der Waals surface area contributed by atoms with Gasteiger partial charge < -0.3 is 4.90 Å². The maximum Gasteiger partial charge on any atom is 0.237 e. The van der Waals surface area contributed by atoms with E-state index < -0.39 is 11.6 Å². The summed E-state index contributed by atoms with van der Waals surface area (Å²) < 4.78 is 31.1. The predicted octanol–water partition coefficient (Wildman–Crippen LogP) is 3.80. The lowest BCUT2D eigenvalue weighted by Gasteiger charge is -2.47. The maximum absolute atomic E-state index is 13.9. The molecule has 2 fully saturated rings. The van der Waals surface area contributed by atoms with E-state index in [1.54, 1.807) is 29.5 Å². The van der Waals surface area contributed by atoms with Crippen LogP contribution in [0.25, 0.3) is 23.0 Å². The van der Waals surface area contributed by atoms with Crippen LogP contribution in [0, 0.1) is 17.6 Å². The Morgan fingerprint density at radius 2 is 1.94 bits per heavy atom. The van der Waals surface area contributed by atoms with E-state index in [9.17, 15) is 8.78 Å². The van der Waals surface area contributed by atoms with Crippen LogP contribution in [0.5, 0.6) is 0 Å². The molecular formula is C23H20F2N8. The summed E-state index contributed by atoms with van der Waals surface area (Å²) >= 11 is 0. The molecule has 3 aromatic heterocycles. The third-order valence-electron chi connectivity index (χ3n) is 7.34. The topological polar surface area (TPSA) is 77.5 Å². The Labute approximate surface area is 188 Å². The van der Waals surface area contributed by atoms with Crippen LogP contribution in [0.2, 0.25) is 0 Å². The quantitative estimate of drug-likeness (QED) is 0.477. The van der Waals surface area contributed by atoms with Gasteiger partial charge in [0.2, 0.25) is 5.95 Å². The number of hydrogen-bond donors (Lipinski definition) is 0. The van der Waals surface area contributed by atoms with Gasteiger partial charge >= 0.3 is 0 Å². The molecule has 1 spiro atoms. The lowest BCUT2D eigenvalue weighted by molar-refractivity contribution is 0.327. The first kappa shape index (κ1) is 18.8. The highest BCUT2D eigenvalue weighted by atomic mass is 19.2. The van der Waals surface area contributed by atoms with Crippen LogP contribution in [-0.2, 0) is 5.54 Å². The van der Waals surface area contributed by atoms with Gasteiger partial charge in [0.25, 0.3) is 0 Å². The van der Waals surface area contributed by atoms with Gasteiger partial charge in [0.1, 0.15) is 23.4 Å². The average Bonchev–Trinajstić information content (AvgIpc) is 3.19. The third kappa shape index (κ3) is 2.46. The highest BCUT2D eigenvalue weighted by molar-refractivity contribution is 5.67. The Hall–Kier alpha value is -3.69. The van der Waals surface area contributed by atoms with Gasteiger partial charge in [-0.15, -0.1) is 10.2 Å². The predicted molar refractivity (Wildman–Crippen MR) is 115 cm³/mol. The molecule has 33 heavy (non-hydrogen) atoms. The van der Waals surface area contributed by atoms with E-state index in [4.69, 9.17) is 4.98 Å². The number of halogens is 2. The van der Waals surface area contributed by atoms with E-state index in [1.807, 2.05) is 4.57 Å². The summed E-state index contributed by atoms with van der Waals surface area (Å²) in [6, 6.07) is 4.13. The molecule has 0 unspecified atom stereocenters. The molecule has 1 aromatic carbocycles. The highest BCUT2D eigenvalue weighted by Gasteiger charge is 2.64. The molecule has 4 heterocycles. The fourth-order valence-electron chi connectivity index (χ4n) is 5.34. The summed E-state index contributed by atoms with van der Waals surface area (Å²) in [5, 5.41) is 8.69. The van der Waals surface area contributed by atoms with Crippen molar-refractivity contribution in [1.82, 2.24) is 34.3 Å². The first-order valence-electron chi connectivity index (χ1n) is 11.1. The zero-order valence-electron chi connectivity index (χ0n) is 17.9. The fourth-order valence-corrected chi connectivity index (χ4v) is 5.34. The van der Waals surface area contributed by atoms with Gasteiger partial charge in [-0.05, 0) is 49.8 Å². The summed E-state index contributed by atoms with van der Waals surface area (Å²) in [5.41, 5.74) is 1.10. The molecule has 0 bridgehead atoms. The number of nitrogens with zero attached hydrogens (tertiary/aromatic N) is 8. The number of fused-ring (bicyclic) bond motifs is 4. The van der Waals surface area contributed by atoms with E-state index in [1.165, 1.54) is 12.5 Å². The van der Waals surface area contributed by atoms with Crippen LogP contribution in [0.1, 0.15) is 38.4 Å². The van der Waals surface area contributed by atoms with E-state index >= 15 is 0 Å². The minimum atomic E-state index is -0.922. The zero-order valence-corrected chi connectivity index (χ0v) is 17.9. The van der Waals surface area contributed by atoms with Crippen molar-refractivity contribution in [2.45, 2.75) is 44.2 Å². The van der Waals surface area contributed by atoms with Crippen LogP contribution >= 0.6 is 0 Å². The summed E-state index contributed by atoms with van der Waals surface area (Å²) in [4.78, 5) is 16.4. The van der Waals surface area contributed by atoms with Crippen LogP contribution < -0.4 is 4.90 Å². The molecule has 3 aliphatic rings. The van der Waals surface area contributed by atoms with Crippen molar-refractivity contribution in [2.75, 3.05) is 4.90 Å². The van der Waals surface area contributed by atoms with Crippen molar-refractivity contribution in [3.8, 4) is 23.0 Å². The first-order valence-corrected chi connectivity index (χ1v) is 11.1. The van der Waals surface area contributed by atoms with Crippen LogP contribution in [0.4, 0.5) is 14.6 Å². The van der Waals surface area contributed by atoms with Crippen molar-refractivity contribution >= 4 is 5.82 Å². The molecule has 0 amide bonds. The second kappa shape index (κ2) is 6.43. The van der Waals surface area contributed by atoms with Crippen LogP contribution in [0.3, 0.4) is 0 Å². The van der Waals surface area contributed by atoms with Crippen molar-refractivity contribution < 1.29 is 8.78 Å². The normalized spacial score (nSPS) is 23.4. The molecule has 166 valence electrons. The third-order valence-corrected chi connectivity index (χ3v) is 7.34. The monoisotopic (exact) mass is 446 g/mol. The zero-order chi connectivity index (χ0) is 22.3. The molecule has 2 aliphatic carbocycles. The first-order chi connectivity index (χ1) is 16.1. The summed E-state index contributed by atoms with van der Waals surface area (Å²) in [6.45, 7) is 2.24. The Morgan fingerprint density at radius 1 is 1.09 bits per heavy atom. The number of hydrogen-bond acceptors (Lipinski definition) is 6. The van der Waals surface area contributed by atoms with Gasteiger partial charge in [-0.2, -0.15) is 4.98 Å². The van der Waals surface area contributed by atoms with Gasteiger partial charge in [0, 0.05) is 24.0 Å². The van der Waals surface area contributed by atoms with Crippen LogP contribution in [-0.4, -0.2) is 40.3 Å². The second-order valence-electron chi connectivity index (χ2n) is 9.14. The number of imidazole rings is 1. The summed E-state index contributed by atoms with van der Waals surface area (Å²) in [5.74, 6) is 1.30. The van der Waals surface area contributed by atoms with E-state index in [0.29, 0.717) is 29.3 Å². The van der Waals surface area contributed by atoms with Crippen molar-refractivity contribution in [1.29, 1.82) is 0 Å². The number of rotatable bonds is 3. The van der Waals surface area contributed by atoms with E-state index in [2.05, 4.69) is 32.0 Å². The molecule has 7 rings (SSSR count). The summed E-state index contributed by atoms with van der Waals surface area (Å²) in [7, 11) is 0. The molecule has 2 atom stereocenters. The number of anilines is 1. The molecule has 8 nitrogen and oxygen atoms in total. The minimum Gasteiger partial charge on any atom is -0.338 e. The van der Waals surface area contributed by atoms with Gasteiger partial charge in [-0.3, -0.25) is 9.13 Å². The largest absolute Gasteiger partial charge is 0.338 e. The molecule has 0 radical (unpaired) electrons. The SMILES string of the molecule is C[C@H]1C[C@@]12c1nncn1-c1cnc(-n3ccnc3-c3ccc(F)c(F)c3)nc1N2C1CCC1. The smallest absolute Gasteiger partial charge is 0.237 e. The Morgan fingerprint density at radius 3 is 2.67 bits per heavy atom. The van der Waals surface area contributed by atoms with E-state index in [-0.39, 0.29) is 5.54 Å². The minimum absolute atomic E-state index is 0.196. The molecule has 2 saturated carbocycles. The van der Waals surface area contributed by atoms with Crippen molar-refractivity contribution in [3.05, 3.63) is 60.6 Å². The van der Waals surface area contributed by atoms with Crippen molar-refractivity contribution in [2.24, 2.45) is 5.92 Å². The van der Waals surface area contributed by atoms with Gasteiger partial charge in [-0.1, -0.05) is 6.92 Å². The van der Waals surface area contributed by atoms with Gasteiger partial charge in [0.05, 0.1) is 6.20 Å². The second-order valence-corrected chi connectivity index (χ2v) is 9.14. The fraction of sp³-hybridized carbons (Fsp3) is 0.348. The molecule has 4 aromatic rings. The Bertz CT molecular complexity index is 1410. The Balaban J connectivity index is 1.40. The molecular weight excluding hydrogens is 426 g/mol. The maximum atomic E-state index is 13.9. The van der Waals surface area contributed by atoms with E-state index in [0.717, 1.165) is 48.7 Å². The van der Waals surface area contributed by atoms with Crippen molar-refractivity contribution in [3.63, 3.8) is 0 Å². The lowest BCUT2D eigenvalue weighted by Crippen LogP contribution is -2.52. The van der Waals surface area contributed by atoms with Crippen LogP contribution in [0.15, 0.2) is 43.1 Å². The van der Waals surface area contributed by atoms with Gasteiger partial charge in [-0.25, -0.2) is 18.7 Å². The molecule has 0 saturated heterocycles. The molecule has 1 aliphatic heterocycles. The molecule has 0 N–H and O–H groups in total. The molecule has 10 heteroatoms. The Kier molecular flexibility index (Phi) is 3.67. The highest BCUT2D eigenvalue weighted by Crippen LogP contribution is 2.61. The standard InChI is InChI=1S/C23H20F2N8/c1-13-10-23(13)21-30-28-12-32(21)18-11-27-22(29-20(18)33(23)15-3-2-4-15)31-8-7-26-19(31)14-5-6-16(24)17(25)9-14/h5-9,11-13,15H,2-4,10H2,1H3/t13-,23-/m0/s1. The van der Waals surface area contributed by atoms with Gasteiger partial charge in [0.15, 0.2) is 23.3 Å². The summed E-state index contributed by atoms with van der Waals surface area (Å²) in [6.07, 6.45) is 11.3.